The van der Waals surface area contributed by atoms with Crippen molar-refractivity contribution in [1.82, 2.24) is 19.5 Å². The fourth-order valence-corrected chi connectivity index (χ4v) is 4.73. The first-order valence-corrected chi connectivity index (χ1v) is 9.31. The van der Waals surface area contributed by atoms with Gasteiger partial charge in [0, 0.05) is 0 Å². The molecule has 0 bridgehead atoms. The van der Waals surface area contributed by atoms with E-state index in [0.29, 0.717) is 5.82 Å². The quantitative estimate of drug-likeness (QED) is 0.789. The summed E-state index contributed by atoms with van der Waals surface area (Å²) in [5.74, 6) is 0.917. The van der Waals surface area contributed by atoms with E-state index in [0.717, 1.165) is 22.9 Å². The molecule has 0 amide bonds. The molecule has 1 fully saturated rings. The molecule has 0 saturated carbocycles. The molecule has 4 rings (SSSR count). The van der Waals surface area contributed by atoms with E-state index in [-0.39, 0.29) is 11.9 Å². The zero-order valence-electron chi connectivity index (χ0n) is 14.1. The van der Waals surface area contributed by atoms with Crippen molar-refractivity contribution in [1.29, 1.82) is 0 Å². The molecule has 1 unspecified atom stereocenters. The van der Waals surface area contributed by atoms with Crippen LogP contribution in [0.1, 0.15) is 47.1 Å². The molecule has 3 aromatic rings. The Labute approximate surface area is 145 Å². The van der Waals surface area contributed by atoms with Crippen LogP contribution in [-0.4, -0.2) is 37.7 Å². The molecular weight excluding hydrogens is 320 g/mol. The van der Waals surface area contributed by atoms with Crippen LogP contribution >= 0.6 is 11.3 Å². The molecule has 1 aliphatic rings. The number of aryl methyl sites for hydroxylation is 2. The highest BCUT2D eigenvalue weighted by atomic mass is 32.1. The van der Waals surface area contributed by atoms with Crippen molar-refractivity contribution in [2.45, 2.75) is 39.2 Å². The average Bonchev–Trinajstić information content (AvgIpc) is 3.07. The van der Waals surface area contributed by atoms with Gasteiger partial charge >= 0.3 is 0 Å². The van der Waals surface area contributed by atoms with E-state index in [1.165, 1.54) is 30.4 Å². The highest BCUT2D eigenvalue weighted by Crippen LogP contribution is 2.40. The third-order valence-electron chi connectivity index (χ3n) is 4.67. The molecule has 6 heteroatoms. The second-order valence-electron chi connectivity index (χ2n) is 6.56. The van der Waals surface area contributed by atoms with Crippen LogP contribution in [0.5, 0.6) is 5.88 Å². The minimum Gasteiger partial charge on any atom is -0.492 e. The minimum atomic E-state index is 0.0685. The van der Waals surface area contributed by atoms with Gasteiger partial charge in [-0.05, 0) is 45.3 Å². The monoisotopic (exact) mass is 342 g/mol. The number of rotatable bonds is 3. The van der Waals surface area contributed by atoms with Crippen molar-refractivity contribution in [3.05, 3.63) is 46.1 Å². The molecule has 5 nitrogen and oxygen atoms in total. The van der Waals surface area contributed by atoms with Gasteiger partial charge in [-0.15, -0.1) is 5.10 Å². The summed E-state index contributed by atoms with van der Waals surface area (Å²) in [5.41, 5.74) is 2.47. The summed E-state index contributed by atoms with van der Waals surface area (Å²) in [6.07, 6.45) is 3.71. The summed E-state index contributed by atoms with van der Waals surface area (Å²) in [6.45, 7) is 6.08. The molecule has 1 aromatic carbocycles. The Balaban J connectivity index is 1.84. The highest BCUT2D eigenvalue weighted by Gasteiger charge is 2.30. The molecule has 24 heavy (non-hydrogen) atoms. The van der Waals surface area contributed by atoms with E-state index < -0.39 is 0 Å². The summed E-state index contributed by atoms with van der Waals surface area (Å²) in [6, 6.07) is 8.66. The number of piperidine rings is 1. The smallest absolute Gasteiger partial charge is 0.230 e. The Kier molecular flexibility index (Phi) is 4.02. The van der Waals surface area contributed by atoms with E-state index in [1.54, 1.807) is 15.9 Å². The minimum absolute atomic E-state index is 0.0685. The molecule has 1 N–H and O–H groups in total. The molecule has 1 atom stereocenters. The van der Waals surface area contributed by atoms with Crippen molar-refractivity contribution < 1.29 is 5.11 Å². The number of aromatic nitrogens is 3. The van der Waals surface area contributed by atoms with Gasteiger partial charge in [-0.25, -0.2) is 4.98 Å². The lowest BCUT2D eigenvalue weighted by atomic mass is 9.99. The highest BCUT2D eigenvalue weighted by molar-refractivity contribution is 7.17. The van der Waals surface area contributed by atoms with Crippen molar-refractivity contribution >= 4 is 16.3 Å². The molecule has 126 valence electrons. The maximum absolute atomic E-state index is 10.8. The Morgan fingerprint density at radius 1 is 1.17 bits per heavy atom. The number of hydrogen-bond acceptors (Lipinski definition) is 5. The first-order chi connectivity index (χ1) is 11.6. The summed E-state index contributed by atoms with van der Waals surface area (Å²) in [4.78, 5) is 8.61. The lowest BCUT2D eigenvalue weighted by Crippen LogP contribution is -2.34. The van der Waals surface area contributed by atoms with E-state index in [4.69, 9.17) is 0 Å². The fraction of sp³-hybridized carbons (Fsp3) is 0.444. The van der Waals surface area contributed by atoms with Gasteiger partial charge in [-0.3, -0.25) is 4.90 Å². The Hall–Kier alpha value is -1.92. The second-order valence-corrected chi connectivity index (χ2v) is 7.57. The molecule has 1 aliphatic heterocycles. The molecule has 0 aliphatic carbocycles. The lowest BCUT2D eigenvalue weighted by molar-refractivity contribution is 0.186. The van der Waals surface area contributed by atoms with Crippen LogP contribution in [-0.2, 0) is 0 Å². The van der Waals surface area contributed by atoms with E-state index >= 15 is 0 Å². The van der Waals surface area contributed by atoms with Gasteiger partial charge < -0.3 is 5.11 Å². The van der Waals surface area contributed by atoms with Crippen molar-refractivity contribution in [2.24, 2.45) is 0 Å². The van der Waals surface area contributed by atoms with Crippen LogP contribution in [0.2, 0.25) is 0 Å². The van der Waals surface area contributed by atoms with Crippen molar-refractivity contribution in [3.63, 3.8) is 0 Å². The van der Waals surface area contributed by atoms with Crippen LogP contribution in [0.4, 0.5) is 0 Å². The molecule has 0 spiro atoms. The number of likely N-dealkylation sites (tertiary alicyclic amines) is 1. The largest absolute Gasteiger partial charge is 0.492 e. The molecule has 3 heterocycles. The molecule has 0 radical (unpaired) electrons. The van der Waals surface area contributed by atoms with Gasteiger partial charge in [-0.1, -0.05) is 47.6 Å². The topological polar surface area (TPSA) is 53.7 Å². The first-order valence-electron chi connectivity index (χ1n) is 8.49. The van der Waals surface area contributed by atoms with Crippen LogP contribution in [0.3, 0.4) is 0 Å². The number of benzene rings is 1. The Morgan fingerprint density at radius 2 is 1.96 bits per heavy atom. The predicted octanol–water partition coefficient (Wildman–Crippen LogP) is 3.69. The summed E-state index contributed by atoms with van der Waals surface area (Å²) < 4.78 is 1.57. The molecule has 1 saturated heterocycles. The Morgan fingerprint density at radius 3 is 2.67 bits per heavy atom. The van der Waals surface area contributed by atoms with Gasteiger partial charge in [0.2, 0.25) is 10.8 Å². The van der Waals surface area contributed by atoms with E-state index in [9.17, 15) is 5.11 Å². The fourth-order valence-electron chi connectivity index (χ4n) is 3.57. The normalized spacial score (nSPS) is 17.4. The maximum Gasteiger partial charge on any atom is 0.230 e. The SMILES string of the molecule is Cc1cccc(C(c2sc3nc(C)nn3c2O)N2CCCCC2)c1. The number of thiazole rings is 1. The van der Waals surface area contributed by atoms with Gasteiger partial charge in [0.25, 0.3) is 0 Å². The third kappa shape index (κ3) is 2.70. The van der Waals surface area contributed by atoms with Gasteiger partial charge in [0.05, 0.1) is 10.9 Å². The van der Waals surface area contributed by atoms with Gasteiger partial charge in [-0.2, -0.15) is 4.52 Å². The van der Waals surface area contributed by atoms with Crippen LogP contribution in [0.25, 0.3) is 4.96 Å². The second kappa shape index (κ2) is 6.18. The maximum atomic E-state index is 10.8. The van der Waals surface area contributed by atoms with Crippen LogP contribution < -0.4 is 0 Å². The van der Waals surface area contributed by atoms with Crippen molar-refractivity contribution in [2.75, 3.05) is 13.1 Å². The zero-order chi connectivity index (χ0) is 16.7. The average molecular weight is 342 g/mol. The number of fused-ring (bicyclic) bond motifs is 1. The predicted molar refractivity (Wildman–Crippen MR) is 95.7 cm³/mol. The summed E-state index contributed by atoms with van der Waals surface area (Å²) >= 11 is 1.54. The lowest BCUT2D eigenvalue weighted by Gasteiger charge is -2.34. The van der Waals surface area contributed by atoms with E-state index in [1.807, 2.05) is 6.92 Å². The third-order valence-corrected chi connectivity index (χ3v) is 5.74. The zero-order valence-corrected chi connectivity index (χ0v) is 14.9. The van der Waals surface area contributed by atoms with Crippen LogP contribution in [0, 0.1) is 13.8 Å². The van der Waals surface area contributed by atoms with Gasteiger partial charge in [0.15, 0.2) is 0 Å². The van der Waals surface area contributed by atoms with Gasteiger partial charge in [0.1, 0.15) is 5.82 Å². The number of aromatic hydroxyl groups is 1. The molecule has 2 aromatic heterocycles. The number of nitrogens with zero attached hydrogens (tertiary/aromatic N) is 4. The standard InChI is InChI=1S/C18H22N4OS/c1-12-7-6-8-14(11-12)15(21-9-4-3-5-10-21)16-17(23)22-18(24-16)19-13(2)20-22/h6-8,11,15,23H,3-5,9-10H2,1-2H3. The summed E-state index contributed by atoms with van der Waals surface area (Å²) in [5, 5.41) is 15.1. The number of hydrogen-bond donors (Lipinski definition) is 1. The van der Waals surface area contributed by atoms with Crippen LogP contribution in [0.15, 0.2) is 24.3 Å². The molecular formula is C18H22N4OS. The Bertz CT molecular complexity index is 863. The van der Waals surface area contributed by atoms with E-state index in [2.05, 4.69) is 46.2 Å². The van der Waals surface area contributed by atoms with Crippen molar-refractivity contribution in [3.8, 4) is 5.88 Å². The first kappa shape index (κ1) is 15.6. The summed E-state index contributed by atoms with van der Waals surface area (Å²) in [7, 11) is 0.